The van der Waals surface area contributed by atoms with Crippen molar-refractivity contribution in [3.63, 3.8) is 0 Å². The van der Waals surface area contributed by atoms with Crippen LogP contribution in [0.1, 0.15) is 26.7 Å². The van der Waals surface area contributed by atoms with Gasteiger partial charge in [0.2, 0.25) is 0 Å². The number of rotatable bonds is 4. The number of carbonyl (C=O) groups is 1. The molecule has 1 aliphatic rings. The van der Waals surface area contributed by atoms with Crippen LogP contribution >= 0.6 is 27.5 Å². The molecule has 2 heterocycles. The molecule has 1 amide bonds. The third kappa shape index (κ3) is 4.60. The van der Waals surface area contributed by atoms with Crippen LogP contribution in [0.5, 0.6) is 0 Å². The summed E-state index contributed by atoms with van der Waals surface area (Å²) in [4.78, 5) is 18.5. The van der Waals surface area contributed by atoms with Crippen molar-refractivity contribution in [2.75, 3.05) is 24.6 Å². The van der Waals surface area contributed by atoms with Gasteiger partial charge < -0.3 is 15.0 Å². The Labute approximate surface area is 167 Å². The lowest BCUT2D eigenvalue weighted by atomic mass is 10.0. The molecular weight excluding hydrogens is 418 g/mol. The van der Waals surface area contributed by atoms with Crippen molar-refractivity contribution in [2.45, 2.75) is 32.7 Å². The first-order chi connectivity index (χ1) is 12.4. The van der Waals surface area contributed by atoms with Crippen LogP contribution in [0.15, 0.2) is 28.9 Å². The Balaban J connectivity index is 1.67. The number of nitrogens with one attached hydrogen (secondary N) is 1. The van der Waals surface area contributed by atoms with Crippen molar-refractivity contribution in [2.24, 2.45) is 5.92 Å². The second-order valence-electron chi connectivity index (χ2n) is 7.01. The summed E-state index contributed by atoms with van der Waals surface area (Å²) in [7, 11) is 0. The summed E-state index contributed by atoms with van der Waals surface area (Å²) in [6, 6.07) is 6.14. The minimum Gasteiger partial charge on any atom is -0.449 e. The highest BCUT2D eigenvalue weighted by Gasteiger charge is 2.24. The number of alkyl carbamates (subject to hydrolysis) is 1. The number of nitrogens with zero attached hydrogens (tertiary/aromatic N) is 2. The van der Waals surface area contributed by atoms with Crippen molar-refractivity contribution in [3.05, 3.63) is 33.9 Å². The Morgan fingerprint density at radius 3 is 2.85 bits per heavy atom. The van der Waals surface area contributed by atoms with E-state index in [0.717, 1.165) is 47.0 Å². The summed E-state index contributed by atoms with van der Waals surface area (Å²) < 4.78 is 6.21. The summed E-state index contributed by atoms with van der Waals surface area (Å²) >= 11 is 10.00. The maximum atomic E-state index is 11.9. The van der Waals surface area contributed by atoms with Crippen LogP contribution in [0.2, 0.25) is 5.02 Å². The summed E-state index contributed by atoms with van der Waals surface area (Å²) in [5.41, 5.74) is 1.93. The fourth-order valence-electron chi connectivity index (χ4n) is 3.15. The molecule has 0 atom stereocenters. The Hall–Kier alpha value is -1.53. The lowest BCUT2D eigenvalue weighted by Crippen LogP contribution is -2.45. The number of benzene rings is 1. The van der Waals surface area contributed by atoms with E-state index in [1.165, 1.54) is 0 Å². The van der Waals surface area contributed by atoms with E-state index in [4.69, 9.17) is 16.3 Å². The SMILES string of the molecule is CC(C)COC(=O)NC1CCN(c2c(Cl)cnc3ccc(Br)cc23)CC1. The van der Waals surface area contributed by atoms with Crippen molar-refractivity contribution in [1.29, 1.82) is 0 Å². The zero-order valence-electron chi connectivity index (χ0n) is 15.0. The first-order valence-electron chi connectivity index (χ1n) is 8.86. The van der Waals surface area contributed by atoms with E-state index in [1.54, 1.807) is 6.20 Å². The van der Waals surface area contributed by atoms with E-state index in [1.807, 2.05) is 26.0 Å². The van der Waals surface area contributed by atoms with E-state index in [0.29, 0.717) is 17.5 Å². The van der Waals surface area contributed by atoms with Crippen LogP contribution < -0.4 is 10.2 Å². The smallest absolute Gasteiger partial charge is 0.407 e. The standard InChI is InChI=1S/C19H23BrClN3O2/c1-12(2)11-26-19(25)23-14-5-7-24(8-6-14)18-15-9-13(20)3-4-17(15)22-10-16(18)21/h3-4,9-10,12,14H,5-8,11H2,1-2H3,(H,23,25). The predicted molar refractivity (Wildman–Crippen MR) is 109 cm³/mol. The van der Waals surface area contributed by atoms with E-state index in [-0.39, 0.29) is 12.1 Å². The number of pyridine rings is 1. The number of aromatic nitrogens is 1. The number of carbonyl (C=O) groups excluding carboxylic acids is 1. The first-order valence-corrected chi connectivity index (χ1v) is 10.0. The average molecular weight is 441 g/mol. The van der Waals surface area contributed by atoms with Crippen LogP contribution in [0.25, 0.3) is 10.9 Å². The number of anilines is 1. The van der Waals surface area contributed by atoms with Gasteiger partial charge in [-0.1, -0.05) is 41.4 Å². The normalized spacial score (nSPS) is 15.5. The van der Waals surface area contributed by atoms with Crippen molar-refractivity contribution < 1.29 is 9.53 Å². The van der Waals surface area contributed by atoms with Crippen molar-refractivity contribution >= 4 is 50.2 Å². The molecule has 5 nitrogen and oxygen atoms in total. The van der Waals surface area contributed by atoms with Gasteiger partial charge >= 0.3 is 6.09 Å². The van der Waals surface area contributed by atoms with Gasteiger partial charge in [-0.05, 0) is 37.0 Å². The van der Waals surface area contributed by atoms with Crippen LogP contribution in [-0.2, 0) is 4.74 Å². The van der Waals surface area contributed by atoms with E-state index in [2.05, 4.69) is 37.2 Å². The fourth-order valence-corrected chi connectivity index (χ4v) is 3.78. The van der Waals surface area contributed by atoms with E-state index < -0.39 is 0 Å². The third-order valence-corrected chi connectivity index (χ3v) is 5.21. The predicted octanol–water partition coefficient (Wildman–Crippen LogP) is 5.00. The molecule has 3 rings (SSSR count). The number of piperidine rings is 1. The first kappa shape index (κ1) is 19.2. The van der Waals surface area contributed by atoms with Crippen molar-refractivity contribution in [3.8, 4) is 0 Å². The maximum absolute atomic E-state index is 11.9. The van der Waals surface area contributed by atoms with E-state index in [9.17, 15) is 4.79 Å². The number of halogens is 2. The molecule has 0 unspecified atom stereocenters. The zero-order chi connectivity index (χ0) is 18.7. The monoisotopic (exact) mass is 439 g/mol. The van der Waals surface area contributed by atoms with Crippen LogP contribution in [0.4, 0.5) is 10.5 Å². The number of amides is 1. The highest BCUT2D eigenvalue weighted by Crippen LogP contribution is 2.35. The van der Waals surface area contributed by atoms with Crippen LogP contribution in [-0.4, -0.2) is 36.8 Å². The van der Waals surface area contributed by atoms with Crippen molar-refractivity contribution in [1.82, 2.24) is 10.3 Å². The molecule has 0 saturated carbocycles. The lowest BCUT2D eigenvalue weighted by molar-refractivity contribution is 0.128. The van der Waals surface area contributed by atoms with E-state index >= 15 is 0 Å². The Morgan fingerprint density at radius 1 is 1.42 bits per heavy atom. The minimum atomic E-state index is -0.325. The van der Waals surface area contributed by atoms with Gasteiger partial charge in [-0.3, -0.25) is 4.98 Å². The zero-order valence-corrected chi connectivity index (χ0v) is 17.3. The molecule has 140 valence electrons. The lowest BCUT2D eigenvalue weighted by Gasteiger charge is -2.34. The Bertz CT molecular complexity index is 786. The molecule has 0 spiro atoms. The van der Waals surface area contributed by atoms with Gasteiger partial charge in [-0.25, -0.2) is 4.79 Å². The second kappa shape index (κ2) is 8.44. The molecule has 0 aliphatic carbocycles. The van der Waals surface area contributed by atoms with Gasteiger partial charge in [-0.2, -0.15) is 0 Å². The number of hydrogen-bond acceptors (Lipinski definition) is 4. The van der Waals surface area contributed by atoms with Gasteiger partial charge in [0.1, 0.15) is 0 Å². The molecule has 1 N–H and O–H groups in total. The van der Waals surface area contributed by atoms with Gasteiger partial charge in [0.05, 0.1) is 22.8 Å². The molecule has 1 aromatic carbocycles. The maximum Gasteiger partial charge on any atom is 0.407 e. The highest BCUT2D eigenvalue weighted by molar-refractivity contribution is 9.10. The number of fused-ring (bicyclic) bond motifs is 1. The Morgan fingerprint density at radius 2 is 2.15 bits per heavy atom. The summed E-state index contributed by atoms with van der Waals surface area (Å²) in [5.74, 6) is 0.337. The van der Waals surface area contributed by atoms with Crippen LogP contribution in [0.3, 0.4) is 0 Å². The number of hydrogen-bond donors (Lipinski definition) is 1. The Kier molecular flexibility index (Phi) is 6.24. The fraction of sp³-hybridized carbons (Fsp3) is 0.474. The topological polar surface area (TPSA) is 54.5 Å². The van der Waals surface area contributed by atoms with Crippen LogP contribution in [0, 0.1) is 5.92 Å². The largest absolute Gasteiger partial charge is 0.449 e. The third-order valence-electron chi connectivity index (χ3n) is 4.44. The van der Waals surface area contributed by atoms with Gasteiger partial charge in [0, 0.05) is 35.2 Å². The summed E-state index contributed by atoms with van der Waals surface area (Å²) in [6.07, 6.45) is 3.09. The average Bonchev–Trinajstić information content (AvgIpc) is 2.61. The molecule has 1 aromatic heterocycles. The molecule has 2 aromatic rings. The second-order valence-corrected chi connectivity index (χ2v) is 8.34. The quantitative estimate of drug-likeness (QED) is 0.727. The molecule has 1 fully saturated rings. The summed E-state index contributed by atoms with van der Waals surface area (Å²) in [6.45, 7) is 6.12. The number of ether oxygens (including phenoxy) is 1. The molecule has 0 bridgehead atoms. The van der Waals surface area contributed by atoms with Gasteiger partial charge in [0.25, 0.3) is 0 Å². The molecule has 26 heavy (non-hydrogen) atoms. The molecule has 1 aliphatic heterocycles. The molecular formula is C19H23BrClN3O2. The summed E-state index contributed by atoms with van der Waals surface area (Å²) in [5, 5.41) is 4.65. The highest BCUT2D eigenvalue weighted by atomic mass is 79.9. The molecule has 0 radical (unpaired) electrons. The molecule has 1 saturated heterocycles. The minimum absolute atomic E-state index is 0.129. The van der Waals surface area contributed by atoms with Gasteiger partial charge in [0.15, 0.2) is 0 Å². The van der Waals surface area contributed by atoms with Gasteiger partial charge in [-0.15, -0.1) is 0 Å². The molecule has 7 heteroatoms.